The molecule has 0 aliphatic heterocycles. The predicted octanol–water partition coefficient (Wildman–Crippen LogP) is 2.26. The fourth-order valence-corrected chi connectivity index (χ4v) is 3.08. The second-order valence-electron chi connectivity index (χ2n) is 5.59. The number of aromatic nitrogens is 4. The van der Waals surface area contributed by atoms with Crippen molar-refractivity contribution in [1.82, 2.24) is 25.5 Å². The van der Waals surface area contributed by atoms with Crippen LogP contribution in [0.1, 0.15) is 5.56 Å². The summed E-state index contributed by atoms with van der Waals surface area (Å²) in [5.41, 5.74) is 1.61. The monoisotopic (exact) mass is 387 g/mol. The number of hydrogen-bond acceptors (Lipinski definition) is 6. The number of nitrogens with zero attached hydrogens (tertiary/aromatic N) is 4. The van der Waals surface area contributed by atoms with E-state index < -0.39 is 0 Å². The Morgan fingerprint density at radius 1 is 1.26 bits per heavy atom. The van der Waals surface area contributed by atoms with Gasteiger partial charge in [0.25, 0.3) is 0 Å². The number of rotatable bonds is 8. The van der Waals surface area contributed by atoms with Crippen molar-refractivity contribution in [3.63, 3.8) is 0 Å². The molecule has 0 atom stereocenters. The third-order valence-corrected chi connectivity index (χ3v) is 4.64. The lowest BCUT2D eigenvalue weighted by molar-refractivity contribution is -0.118. The molecule has 0 bridgehead atoms. The number of tetrazole rings is 1. The number of ether oxygens (including phenoxy) is 1. The summed E-state index contributed by atoms with van der Waals surface area (Å²) in [5, 5.41) is 14.6. The predicted molar refractivity (Wildman–Crippen MR) is 99.5 cm³/mol. The molecule has 140 valence electrons. The lowest BCUT2D eigenvalue weighted by atomic mass is 10.1. The van der Waals surface area contributed by atoms with Crippen LogP contribution in [0.4, 0.5) is 4.39 Å². The summed E-state index contributed by atoms with van der Waals surface area (Å²) in [6.07, 6.45) is 0.724. The average Bonchev–Trinajstić information content (AvgIpc) is 3.15. The lowest BCUT2D eigenvalue weighted by Crippen LogP contribution is -2.27. The van der Waals surface area contributed by atoms with E-state index in [0.29, 0.717) is 17.4 Å². The molecule has 3 rings (SSSR count). The topological polar surface area (TPSA) is 81.9 Å². The van der Waals surface area contributed by atoms with Gasteiger partial charge >= 0.3 is 0 Å². The molecule has 0 radical (unpaired) electrons. The van der Waals surface area contributed by atoms with E-state index >= 15 is 0 Å². The van der Waals surface area contributed by atoms with Gasteiger partial charge in [0.2, 0.25) is 11.1 Å². The first-order valence-corrected chi connectivity index (χ1v) is 9.21. The molecule has 7 nitrogen and oxygen atoms in total. The van der Waals surface area contributed by atoms with Crippen molar-refractivity contribution in [2.75, 3.05) is 19.4 Å². The zero-order valence-corrected chi connectivity index (χ0v) is 15.4. The van der Waals surface area contributed by atoms with Gasteiger partial charge in [-0.1, -0.05) is 30.0 Å². The lowest BCUT2D eigenvalue weighted by Gasteiger charge is -2.07. The minimum Gasteiger partial charge on any atom is -0.497 e. The quantitative estimate of drug-likeness (QED) is 0.597. The minimum atomic E-state index is -0.379. The Hall–Kier alpha value is -2.94. The molecule has 1 aromatic heterocycles. The molecule has 0 saturated carbocycles. The Morgan fingerprint density at radius 2 is 2.07 bits per heavy atom. The van der Waals surface area contributed by atoms with Gasteiger partial charge in [0, 0.05) is 6.54 Å². The third-order valence-electron chi connectivity index (χ3n) is 3.72. The van der Waals surface area contributed by atoms with E-state index in [4.69, 9.17) is 4.74 Å². The van der Waals surface area contributed by atoms with Gasteiger partial charge in [-0.05, 0) is 52.7 Å². The standard InChI is InChI=1S/C18H18FN5O2S/c1-26-16-7-5-13(6-8-16)9-10-20-17(25)12-27-18-21-22-23-24(18)15-4-2-3-14(19)11-15/h2-8,11H,9-10,12H2,1H3,(H,20,25). The van der Waals surface area contributed by atoms with E-state index in [1.807, 2.05) is 24.3 Å². The molecule has 2 aromatic carbocycles. The SMILES string of the molecule is COc1ccc(CCNC(=O)CSc2nnnn2-c2cccc(F)c2)cc1. The summed E-state index contributed by atoms with van der Waals surface area (Å²) in [4.78, 5) is 12.0. The molecule has 0 fully saturated rings. The highest BCUT2D eigenvalue weighted by atomic mass is 32.2. The van der Waals surface area contributed by atoms with Crippen molar-refractivity contribution in [2.24, 2.45) is 0 Å². The van der Waals surface area contributed by atoms with E-state index in [9.17, 15) is 9.18 Å². The normalized spacial score (nSPS) is 10.6. The fourth-order valence-electron chi connectivity index (χ4n) is 2.36. The van der Waals surface area contributed by atoms with Crippen LogP contribution in [0.5, 0.6) is 5.75 Å². The van der Waals surface area contributed by atoms with Crippen LogP contribution in [-0.2, 0) is 11.2 Å². The van der Waals surface area contributed by atoms with Crippen LogP contribution < -0.4 is 10.1 Å². The molecule has 0 aliphatic carbocycles. The zero-order chi connectivity index (χ0) is 19.1. The summed E-state index contributed by atoms with van der Waals surface area (Å²) in [6.45, 7) is 0.528. The molecule has 1 heterocycles. The van der Waals surface area contributed by atoms with Crippen molar-refractivity contribution in [3.8, 4) is 11.4 Å². The number of benzene rings is 2. The number of carbonyl (C=O) groups excluding carboxylic acids is 1. The first-order valence-electron chi connectivity index (χ1n) is 8.22. The molecular formula is C18H18FN5O2S. The second-order valence-corrected chi connectivity index (χ2v) is 6.53. The van der Waals surface area contributed by atoms with E-state index in [1.165, 1.54) is 28.6 Å². The minimum absolute atomic E-state index is 0.123. The van der Waals surface area contributed by atoms with Gasteiger partial charge in [0.1, 0.15) is 11.6 Å². The summed E-state index contributed by atoms with van der Waals surface area (Å²) >= 11 is 1.19. The molecule has 1 amide bonds. The molecule has 0 spiro atoms. The van der Waals surface area contributed by atoms with Crippen LogP contribution in [0, 0.1) is 5.82 Å². The van der Waals surface area contributed by atoms with Crippen LogP contribution in [-0.4, -0.2) is 45.5 Å². The molecule has 0 unspecified atom stereocenters. The average molecular weight is 387 g/mol. The van der Waals surface area contributed by atoms with Crippen molar-refractivity contribution >= 4 is 17.7 Å². The summed E-state index contributed by atoms with van der Waals surface area (Å²) in [7, 11) is 1.62. The van der Waals surface area contributed by atoms with Crippen LogP contribution >= 0.6 is 11.8 Å². The van der Waals surface area contributed by atoms with Gasteiger partial charge in [-0.2, -0.15) is 4.68 Å². The number of carbonyl (C=O) groups is 1. The Kier molecular flexibility index (Phi) is 6.37. The summed E-state index contributed by atoms with van der Waals surface area (Å²) in [6, 6.07) is 13.6. The highest BCUT2D eigenvalue weighted by Gasteiger charge is 2.12. The third kappa shape index (κ3) is 5.27. The Morgan fingerprint density at radius 3 is 2.81 bits per heavy atom. The van der Waals surface area contributed by atoms with Crippen LogP contribution in [0.25, 0.3) is 5.69 Å². The van der Waals surface area contributed by atoms with Crippen molar-refractivity contribution in [1.29, 1.82) is 0 Å². The second kappa shape index (κ2) is 9.13. The molecule has 3 aromatic rings. The van der Waals surface area contributed by atoms with Crippen LogP contribution in [0.15, 0.2) is 53.7 Å². The van der Waals surface area contributed by atoms with Crippen molar-refractivity contribution in [3.05, 3.63) is 59.9 Å². The smallest absolute Gasteiger partial charge is 0.230 e. The molecule has 0 saturated heterocycles. The van der Waals surface area contributed by atoms with E-state index in [1.54, 1.807) is 19.2 Å². The molecule has 9 heteroatoms. The fraction of sp³-hybridized carbons (Fsp3) is 0.222. The van der Waals surface area contributed by atoms with Gasteiger partial charge in [-0.25, -0.2) is 4.39 Å². The number of nitrogens with one attached hydrogen (secondary N) is 1. The van der Waals surface area contributed by atoms with Crippen LogP contribution in [0.2, 0.25) is 0 Å². The first-order chi connectivity index (χ1) is 13.2. The molecular weight excluding hydrogens is 369 g/mol. The van der Waals surface area contributed by atoms with Crippen LogP contribution in [0.3, 0.4) is 0 Å². The highest BCUT2D eigenvalue weighted by Crippen LogP contribution is 2.18. The number of amides is 1. The summed E-state index contributed by atoms with van der Waals surface area (Å²) in [5.74, 6) is 0.464. The van der Waals surface area contributed by atoms with Gasteiger partial charge in [-0.15, -0.1) is 5.10 Å². The number of halogens is 1. The largest absolute Gasteiger partial charge is 0.497 e. The van der Waals surface area contributed by atoms with Crippen molar-refractivity contribution in [2.45, 2.75) is 11.6 Å². The Balaban J connectivity index is 1.47. The highest BCUT2D eigenvalue weighted by molar-refractivity contribution is 7.99. The maximum atomic E-state index is 13.4. The van der Waals surface area contributed by atoms with E-state index in [-0.39, 0.29) is 17.5 Å². The maximum absolute atomic E-state index is 13.4. The maximum Gasteiger partial charge on any atom is 0.230 e. The van der Waals surface area contributed by atoms with Gasteiger partial charge in [-0.3, -0.25) is 4.79 Å². The first kappa shape index (κ1) is 18.8. The van der Waals surface area contributed by atoms with E-state index in [0.717, 1.165) is 17.7 Å². The summed E-state index contributed by atoms with van der Waals surface area (Å²) < 4.78 is 19.9. The molecule has 0 aliphatic rings. The van der Waals surface area contributed by atoms with E-state index in [2.05, 4.69) is 20.8 Å². The molecule has 1 N–H and O–H groups in total. The zero-order valence-electron chi connectivity index (χ0n) is 14.6. The van der Waals surface area contributed by atoms with Gasteiger partial charge < -0.3 is 10.1 Å². The Labute approximate surface area is 159 Å². The number of thioether (sulfide) groups is 1. The number of hydrogen-bond donors (Lipinski definition) is 1. The molecule has 27 heavy (non-hydrogen) atoms. The number of methoxy groups -OCH3 is 1. The Bertz CT molecular complexity index is 901. The van der Waals surface area contributed by atoms with Crippen molar-refractivity contribution < 1.29 is 13.9 Å². The van der Waals surface area contributed by atoms with Gasteiger partial charge in [0.05, 0.1) is 18.6 Å². The van der Waals surface area contributed by atoms with Gasteiger partial charge in [0.15, 0.2) is 0 Å².